The third kappa shape index (κ3) is 3.80. The molecule has 2 N–H and O–H groups in total. The smallest absolute Gasteiger partial charge is 0.110 e. The SMILES string of the molecule is NC1=Nc2cc(CCCCN3CCCC3)c(CCc3ccccc3)cc2C12CCC2. The number of benzene rings is 2. The van der Waals surface area contributed by atoms with Gasteiger partial charge in [-0.05, 0) is 106 Å². The molecule has 0 amide bonds. The number of hydrogen-bond acceptors (Lipinski definition) is 3. The first-order valence-electron chi connectivity index (χ1n) is 12.0. The van der Waals surface area contributed by atoms with Gasteiger partial charge in [0.25, 0.3) is 0 Å². The number of rotatable bonds is 8. The van der Waals surface area contributed by atoms with E-state index in [0.29, 0.717) is 0 Å². The highest BCUT2D eigenvalue weighted by atomic mass is 15.1. The van der Waals surface area contributed by atoms with Crippen LogP contribution < -0.4 is 5.73 Å². The monoisotopic (exact) mass is 401 g/mol. The molecule has 3 heteroatoms. The molecule has 0 atom stereocenters. The van der Waals surface area contributed by atoms with Crippen LogP contribution in [-0.4, -0.2) is 30.4 Å². The molecule has 1 saturated carbocycles. The van der Waals surface area contributed by atoms with Crippen LogP contribution in [0.25, 0.3) is 0 Å². The van der Waals surface area contributed by atoms with E-state index in [2.05, 4.69) is 47.4 Å². The molecule has 5 rings (SSSR count). The molecule has 1 spiro atoms. The highest BCUT2D eigenvalue weighted by Gasteiger charge is 2.47. The van der Waals surface area contributed by atoms with Gasteiger partial charge in [-0.1, -0.05) is 42.8 Å². The van der Waals surface area contributed by atoms with Gasteiger partial charge in [0.2, 0.25) is 0 Å². The van der Waals surface area contributed by atoms with E-state index in [9.17, 15) is 0 Å². The van der Waals surface area contributed by atoms with Gasteiger partial charge in [0.05, 0.1) is 11.1 Å². The topological polar surface area (TPSA) is 41.6 Å². The van der Waals surface area contributed by atoms with E-state index in [1.807, 2.05) is 0 Å². The molecule has 0 radical (unpaired) electrons. The van der Waals surface area contributed by atoms with Crippen molar-refractivity contribution in [2.75, 3.05) is 19.6 Å². The fraction of sp³-hybridized carbons (Fsp3) is 0.519. The molecule has 158 valence electrons. The third-order valence-corrected chi connectivity index (χ3v) is 7.67. The Balaban J connectivity index is 1.33. The number of hydrogen-bond donors (Lipinski definition) is 1. The number of aryl methyl sites for hydroxylation is 3. The molecule has 2 aliphatic heterocycles. The van der Waals surface area contributed by atoms with Crippen LogP contribution in [0.3, 0.4) is 0 Å². The lowest BCUT2D eigenvalue weighted by atomic mass is 9.64. The highest BCUT2D eigenvalue weighted by Crippen LogP contribution is 2.52. The number of aliphatic imine (C=N–C) groups is 1. The number of fused-ring (bicyclic) bond motifs is 2. The second-order valence-corrected chi connectivity index (χ2v) is 9.56. The fourth-order valence-corrected chi connectivity index (χ4v) is 5.63. The van der Waals surface area contributed by atoms with Crippen molar-refractivity contribution in [3.05, 3.63) is 64.7 Å². The Hall–Kier alpha value is -2.13. The van der Waals surface area contributed by atoms with Gasteiger partial charge in [-0.15, -0.1) is 0 Å². The van der Waals surface area contributed by atoms with E-state index < -0.39 is 0 Å². The molecule has 3 nitrogen and oxygen atoms in total. The predicted octanol–water partition coefficient (Wildman–Crippen LogP) is 5.31. The summed E-state index contributed by atoms with van der Waals surface area (Å²) in [5, 5.41) is 0. The minimum Gasteiger partial charge on any atom is -0.386 e. The van der Waals surface area contributed by atoms with Crippen LogP contribution in [0.5, 0.6) is 0 Å². The van der Waals surface area contributed by atoms with Crippen LogP contribution in [0.2, 0.25) is 0 Å². The van der Waals surface area contributed by atoms with E-state index in [0.717, 1.165) is 30.8 Å². The third-order valence-electron chi connectivity index (χ3n) is 7.67. The lowest BCUT2D eigenvalue weighted by molar-refractivity contribution is 0.330. The maximum Gasteiger partial charge on any atom is 0.110 e. The first-order chi connectivity index (χ1) is 14.7. The van der Waals surface area contributed by atoms with E-state index >= 15 is 0 Å². The van der Waals surface area contributed by atoms with Crippen LogP contribution in [-0.2, 0) is 24.7 Å². The summed E-state index contributed by atoms with van der Waals surface area (Å²) < 4.78 is 0. The van der Waals surface area contributed by atoms with Crippen molar-refractivity contribution in [3.8, 4) is 0 Å². The van der Waals surface area contributed by atoms with Crippen LogP contribution in [0, 0.1) is 0 Å². The van der Waals surface area contributed by atoms with Gasteiger partial charge in [-0.3, -0.25) is 0 Å². The number of amidine groups is 1. The van der Waals surface area contributed by atoms with Crippen LogP contribution in [0.1, 0.15) is 67.2 Å². The normalized spacial score (nSPS) is 19.7. The number of likely N-dealkylation sites (tertiary alicyclic amines) is 1. The summed E-state index contributed by atoms with van der Waals surface area (Å²) in [6.45, 7) is 3.87. The molecular formula is C27H35N3. The average Bonchev–Trinajstić information content (AvgIpc) is 3.34. The Morgan fingerprint density at radius 3 is 2.37 bits per heavy atom. The lowest BCUT2D eigenvalue weighted by Crippen LogP contribution is -2.44. The fourth-order valence-electron chi connectivity index (χ4n) is 5.63. The molecule has 0 bridgehead atoms. The molecule has 2 aromatic rings. The van der Waals surface area contributed by atoms with E-state index in [-0.39, 0.29) is 5.41 Å². The number of unbranched alkanes of at least 4 members (excludes halogenated alkanes) is 1. The van der Waals surface area contributed by atoms with Gasteiger partial charge in [-0.2, -0.15) is 0 Å². The van der Waals surface area contributed by atoms with Crippen molar-refractivity contribution in [1.29, 1.82) is 0 Å². The Kier molecular flexibility index (Phi) is 5.64. The lowest BCUT2D eigenvalue weighted by Gasteiger charge is -2.39. The summed E-state index contributed by atoms with van der Waals surface area (Å²) in [6.07, 6.45) is 12.3. The highest BCUT2D eigenvalue weighted by molar-refractivity contribution is 6.00. The molecule has 2 aromatic carbocycles. The van der Waals surface area contributed by atoms with Crippen molar-refractivity contribution in [3.63, 3.8) is 0 Å². The summed E-state index contributed by atoms with van der Waals surface area (Å²) >= 11 is 0. The molecule has 2 heterocycles. The van der Waals surface area contributed by atoms with Crippen molar-refractivity contribution < 1.29 is 0 Å². The van der Waals surface area contributed by atoms with Gasteiger partial charge < -0.3 is 10.6 Å². The quantitative estimate of drug-likeness (QED) is 0.609. The Morgan fingerprint density at radius 2 is 1.63 bits per heavy atom. The average molecular weight is 402 g/mol. The van der Waals surface area contributed by atoms with Gasteiger partial charge in [0.15, 0.2) is 0 Å². The zero-order valence-corrected chi connectivity index (χ0v) is 18.2. The predicted molar refractivity (Wildman–Crippen MR) is 126 cm³/mol. The molecular weight excluding hydrogens is 366 g/mol. The minimum atomic E-state index is 0.0606. The molecule has 0 aromatic heterocycles. The van der Waals surface area contributed by atoms with Crippen molar-refractivity contribution >= 4 is 11.5 Å². The summed E-state index contributed by atoms with van der Waals surface area (Å²) in [4.78, 5) is 7.45. The minimum absolute atomic E-state index is 0.0606. The number of nitrogens with zero attached hydrogens (tertiary/aromatic N) is 2. The van der Waals surface area contributed by atoms with Gasteiger partial charge >= 0.3 is 0 Å². The van der Waals surface area contributed by atoms with E-state index in [1.54, 1.807) is 0 Å². The maximum atomic E-state index is 6.43. The molecule has 30 heavy (non-hydrogen) atoms. The summed E-state index contributed by atoms with van der Waals surface area (Å²) in [6, 6.07) is 15.8. The summed E-state index contributed by atoms with van der Waals surface area (Å²) in [5.74, 6) is 0.865. The summed E-state index contributed by atoms with van der Waals surface area (Å²) in [7, 11) is 0. The van der Waals surface area contributed by atoms with Crippen molar-refractivity contribution in [1.82, 2.24) is 4.90 Å². The van der Waals surface area contributed by atoms with Crippen molar-refractivity contribution in [2.45, 2.75) is 69.6 Å². The summed E-state index contributed by atoms with van der Waals surface area (Å²) in [5.41, 5.74) is 13.5. The van der Waals surface area contributed by atoms with Crippen LogP contribution in [0.4, 0.5) is 5.69 Å². The standard InChI is InChI=1S/C27H35N3/c28-26-27(14-8-15-27)24-19-23(13-12-21-9-2-1-3-10-21)22(20-25(24)29-26)11-4-5-16-30-17-6-7-18-30/h1-3,9-10,19-20H,4-8,11-18H2,(H2,28,29). The first kappa shape index (κ1) is 19.8. The molecule has 1 saturated heterocycles. The Morgan fingerprint density at radius 1 is 0.867 bits per heavy atom. The zero-order chi connectivity index (χ0) is 20.4. The maximum absolute atomic E-state index is 6.43. The first-order valence-corrected chi connectivity index (χ1v) is 12.0. The van der Waals surface area contributed by atoms with Crippen LogP contribution >= 0.6 is 0 Å². The zero-order valence-electron chi connectivity index (χ0n) is 18.2. The molecule has 0 unspecified atom stereocenters. The van der Waals surface area contributed by atoms with E-state index in [4.69, 9.17) is 10.7 Å². The second kappa shape index (κ2) is 8.55. The van der Waals surface area contributed by atoms with Gasteiger partial charge in [0.1, 0.15) is 5.84 Å². The largest absolute Gasteiger partial charge is 0.386 e. The second-order valence-electron chi connectivity index (χ2n) is 9.56. The van der Waals surface area contributed by atoms with Gasteiger partial charge in [0, 0.05) is 0 Å². The Labute approximate surface area is 181 Å². The molecule has 1 aliphatic carbocycles. The van der Waals surface area contributed by atoms with Crippen LogP contribution in [0.15, 0.2) is 47.5 Å². The van der Waals surface area contributed by atoms with Crippen molar-refractivity contribution in [2.24, 2.45) is 10.7 Å². The molecule has 3 aliphatic rings. The molecule has 2 fully saturated rings. The number of nitrogens with two attached hydrogens (primary N) is 1. The Bertz CT molecular complexity index is 905. The van der Waals surface area contributed by atoms with Gasteiger partial charge in [-0.25, -0.2) is 4.99 Å². The van der Waals surface area contributed by atoms with E-state index in [1.165, 1.54) is 86.8 Å².